The summed E-state index contributed by atoms with van der Waals surface area (Å²) in [5.41, 5.74) is 2.67. The van der Waals surface area contributed by atoms with Crippen LogP contribution in [0.5, 0.6) is 0 Å². The largest absolute Gasteiger partial charge is 0.396 e. The fraction of sp³-hybridized carbons (Fsp3) is 0.478. The minimum atomic E-state index is 0.219. The molecular formula is C23H28Cl2N2O. The summed E-state index contributed by atoms with van der Waals surface area (Å²) >= 11 is 12.1. The number of hydrogen-bond acceptors (Lipinski definition) is 3. The van der Waals surface area contributed by atoms with E-state index in [9.17, 15) is 5.11 Å². The van der Waals surface area contributed by atoms with Crippen LogP contribution in [0.3, 0.4) is 0 Å². The number of piperidine rings is 2. The van der Waals surface area contributed by atoms with E-state index in [-0.39, 0.29) is 12.5 Å². The maximum absolute atomic E-state index is 10.1. The first-order valence-electron chi connectivity index (χ1n) is 10.2. The predicted molar refractivity (Wildman–Crippen MR) is 116 cm³/mol. The average molecular weight is 419 g/mol. The average Bonchev–Trinajstić information content (AvgIpc) is 2.74. The highest BCUT2D eigenvalue weighted by Crippen LogP contribution is 2.36. The van der Waals surface area contributed by atoms with Crippen molar-refractivity contribution in [3.05, 3.63) is 69.7 Å². The molecule has 0 radical (unpaired) electrons. The molecule has 4 rings (SSSR count). The van der Waals surface area contributed by atoms with Gasteiger partial charge in [-0.3, -0.25) is 4.90 Å². The van der Waals surface area contributed by atoms with Gasteiger partial charge in [0.2, 0.25) is 0 Å². The predicted octanol–water partition coefficient (Wildman–Crippen LogP) is 4.88. The molecule has 0 saturated carbocycles. The summed E-state index contributed by atoms with van der Waals surface area (Å²) in [4.78, 5) is 2.54. The Balaban J connectivity index is 1.42. The van der Waals surface area contributed by atoms with E-state index in [0.29, 0.717) is 18.0 Å². The molecule has 0 bridgehead atoms. The minimum Gasteiger partial charge on any atom is -0.396 e. The van der Waals surface area contributed by atoms with Gasteiger partial charge in [0, 0.05) is 35.7 Å². The highest BCUT2D eigenvalue weighted by Gasteiger charge is 2.35. The van der Waals surface area contributed by atoms with Gasteiger partial charge in [-0.1, -0.05) is 47.5 Å². The summed E-state index contributed by atoms with van der Waals surface area (Å²) in [5, 5.41) is 15.3. The van der Waals surface area contributed by atoms with Gasteiger partial charge in [-0.2, -0.15) is 0 Å². The summed E-state index contributed by atoms with van der Waals surface area (Å²) in [6.45, 7) is 3.22. The van der Waals surface area contributed by atoms with Crippen molar-refractivity contribution in [2.75, 3.05) is 26.2 Å². The zero-order valence-electron chi connectivity index (χ0n) is 16.0. The molecule has 2 fully saturated rings. The first kappa shape index (κ1) is 20.2. The van der Waals surface area contributed by atoms with Crippen LogP contribution in [0.25, 0.3) is 0 Å². The van der Waals surface area contributed by atoms with Crippen molar-refractivity contribution >= 4 is 23.2 Å². The van der Waals surface area contributed by atoms with Crippen LogP contribution in [-0.2, 0) is 0 Å². The monoisotopic (exact) mass is 418 g/mol. The van der Waals surface area contributed by atoms with Crippen molar-refractivity contribution < 1.29 is 5.11 Å². The number of aliphatic hydroxyl groups is 1. The van der Waals surface area contributed by atoms with Gasteiger partial charge in [0.25, 0.3) is 0 Å². The van der Waals surface area contributed by atoms with Crippen molar-refractivity contribution in [3.63, 3.8) is 0 Å². The fourth-order valence-corrected chi connectivity index (χ4v) is 5.14. The molecule has 2 aliphatic rings. The molecular weight excluding hydrogens is 391 g/mol. The lowest BCUT2D eigenvalue weighted by Gasteiger charge is -2.45. The van der Waals surface area contributed by atoms with Crippen molar-refractivity contribution in [3.8, 4) is 0 Å². The molecule has 150 valence electrons. The Morgan fingerprint density at radius 3 is 2.21 bits per heavy atom. The van der Waals surface area contributed by atoms with E-state index in [0.717, 1.165) is 48.9 Å². The van der Waals surface area contributed by atoms with E-state index in [1.165, 1.54) is 11.1 Å². The smallest absolute Gasteiger partial charge is 0.0603 e. The Morgan fingerprint density at radius 2 is 1.57 bits per heavy atom. The molecule has 28 heavy (non-hydrogen) atoms. The van der Waals surface area contributed by atoms with Crippen molar-refractivity contribution in [2.45, 2.75) is 37.3 Å². The lowest BCUT2D eigenvalue weighted by molar-refractivity contribution is 0.0460. The third-order valence-corrected chi connectivity index (χ3v) is 6.96. The molecule has 2 saturated heterocycles. The molecule has 2 aromatic carbocycles. The second kappa shape index (κ2) is 9.15. The maximum atomic E-state index is 10.1. The maximum Gasteiger partial charge on any atom is 0.0603 e. The van der Waals surface area contributed by atoms with Gasteiger partial charge in [0.05, 0.1) is 6.17 Å². The number of rotatable bonds is 4. The van der Waals surface area contributed by atoms with Crippen molar-refractivity contribution in [1.82, 2.24) is 10.2 Å². The number of halogens is 2. The number of likely N-dealkylation sites (tertiary alicyclic amines) is 1. The number of benzene rings is 2. The quantitative estimate of drug-likeness (QED) is 0.741. The molecule has 0 amide bonds. The van der Waals surface area contributed by atoms with E-state index < -0.39 is 0 Å². The molecule has 0 spiro atoms. The third kappa shape index (κ3) is 4.55. The van der Waals surface area contributed by atoms with Crippen molar-refractivity contribution in [2.24, 2.45) is 5.92 Å². The van der Waals surface area contributed by atoms with Gasteiger partial charge < -0.3 is 10.4 Å². The molecule has 3 nitrogen and oxygen atoms in total. The fourth-order valence-electron chi connectivity index (χ4n) is 4.89. The molecule has 4 unspecified atom stereocenters. The first-order chi connectivity index (χ1) is 13.6. The molecule has 0 aromatic heterocycles. The van der Waals surface area contributed by atoms with Crippen molar-refractivity contribution in [1.29, 1.82) is 0 Å². The zero-order valence-corrected chi connectivity index (χ0v) is 17.5. The Labute approximate surface area is 177 Å². The van der Waals surface area contributed by atoms with Gasteiger partial charge in [0.15, 0.2) is 0 Å². The van der Waals surface area contributed by atoms with Gasteiger partial charge in [0.1, 0.15) is 0 Å². The van der Waals surface area contributed by atoms with E-state index in [2.05, 4.69) is 34.5 Å². The second-order valence-electron chi connectivity index (χ2n) is 8.13. The Bertz CT molecular complexity index is 765. The van der Waals surface area contributed by atoms with Crippen LogP contribution in [0.1, 0.15) is 42.2 Å². The van der Waals surface area contributed by atoms with Gasteiger partial charge >= 0.3 is 0 Å². The normalized spacial score (nSPS) is 29.0. The Morgan fingerprint density at radius 1 is 0.929 bits per heavy atom. The van der Waals surface area contributed by atoms with E-state index in [1.807, 2.05) is 24.3 Å². The van der Waals surface area contributed by atoms with Gasteiger partial charge in [-0.25, -0.2) is 0 Å². The molecule has 2 aliphatic heterocycles. The lowest BCUT2D eigenvalue weighted by atomic mass is 9.80. The van der Waals surface area contributed by atoms with Crippen LogP contribution in [0.15, 0.2) is 48.5 Å². The Hall–Kier alpha value is -1.10. The topological polar surface area (TPSA) is 35.5 Å². The molecule has 0 aliphatic carbocycles. The SMILES string of the molecule is OCC1CN(C2CC(c3ccc(Cl)cc3)CCN2)CCC1c1ccc(Cl)cc1. The van der Waals surface area contributed by atoms with Crippen LogP contribution in [-0.4, -0.2) is 42.4 Å². The van der Waals surface area contributed by atoms with Crippen LogP contribution >= 0.6 is 23.2 Å². The summed E-state index contributed by atoms with van der Waals surface area (Å²) in [6, 6.07) is 16.5. The van der Waals surface area contributed by atoms with Crippen LogP contribution in [0.4, 0.5) is 0 Å². The summed E-state index contributed by atoms with van der Waals surface area (Å²) < 4.78 is 0. The van der Waals surface area contributed by atoms with E-state index in [4.69, 9.17) is 23.2 Å². The molecule has 2 aromatic rings. The standard InChI is InChI=1S/C23H28Cl2N2O/c24-20-5-1-16(2-6-20)18-9-11-26-23(13-18)27-12-10-22(19(14-27)15-28)17-3-7-21(25)8-4-17/h1-8,18-19,22-23,26,28H,9-15H2. The first-order valence-corrected chi connectivity index (χ1v) is 11.0. The van der Waals surface area contributed by atoms with Gasteiger partial charge in [-0.05, 0) is 73.0 Å². The molecule has 2 heterocycles. The third-order valence-electron chi connectivity index (χ3n) is 6.46. The van der Waals surface area contributed by atoms with Crippen LogP contribution < -0.4 is 5.32 Å². The highest BCUT2D eigenvalue weighted by molar-refractivity contribution is 6.30. The highest BCUT2D eigenvalue weighted by atomic mass is 35.5. The second-order valence-corrected chi connectivity index (χ2v) is 9.00. The number of nitrogens with zero attached hydrogens (tertiary/aromatic N) is 1. The van der Waals surface area contributed by atoms with Gasteiger partial charge in [-0.15, -0.1) is 0 Å². The zero-order chi connectivity index (χ0) is 19.5. The minimum absolute atomic E-state index is 0.219. The van der Waals surface area contributed by atoms with Crippen LogP contribution in [0, 0.1) is 5.92 Å². The molecule has 5 heteroatoms. The summed E-state index contributed by atoms with van der Waals surface area (Å²) in [6.07, 6.45) is 3.69. The Kier molecular flexibility index (Phi) is 6.59. The number of aliphatic hydroxyl groups excluding tert-OH is 1. The van der Waals surface area contributed by atoms with E-state index in [1.54, 1.807) is 0 Å². The summed E-state index contributed by atoms with van der Waals surface area (Å²) in [5.74, 6) is 1.21. The molecule has 4 atom stereocenters. The van der Waals surface area contributed by atoms with E-state index >= 15 is 0 Å². The molecule has 2 N–H and O–H groups in total. The van der Waals surface area contributed by atoms with Crippen LogP contribution in [0.2, 0.25) is 10.0 Å². The lowest BCUT2D eigenvalue weighted by Crippen LogP contribution is -2.54. The number of hydrogen-bond donors (Lipinski definition) is 2. The number of nitrogens with one attached hydrogen (secondary N) is 1. The summed E-state index contributed by atoms with van der Waals surface area (Å²) in [7, 11) is 0.